The molecule has 402 valence electrons. The highest BCUT2D eigenvalue weighted by Gasteiger charge is 2.59. The number of halogens is 2. The molecular formula is C54H77Cl2N7O10. The molecule has 1 saturated heterocycles. The topological polar surface area (TPSA) is 187 Å². The molecule has 2 aromatic carbocycles. The minimum absolute atomic E-state index is 0. The lowest BCUT2D eigenvalue weighted by Gasteiger charge is -2.41. The number of carbonyl (C=O) groups excluding carboxylic acids is 7. The van der Waals surface area contributed by atoms with Crippen LogP contribution in [-0.2, 0) is 23.9 Å². The number of ether oxygens (including phenoxy) is 3. The zero-order valence-corrected chi connectivity index (χ0v) is 45.8. The Morgan fingerprint density at radius 1 is 0.685 bits per heavy atom. The number of anilines is 2. The molecule has 1 unspecified atom stereocenters. The van der Waals surface area contributed by atoms with Crippen LogP contribution in [0.5, 0.6) is 11.5 Å². The first-order valence-corrected chi connectivity index (χ1v) is 26.8. The number of alkyl halides is 1. The summed E-state index contributed by atoms with van der Waals surface area (Å²) in [5, 5.41) is 5.68. The number of likely N-dealkylation sites (tertiary alicyclic amines) is 1. The van der Waals surface area contributed by atoms with Gasteiger partial charge < -0.3 is 49.3 Å². The second kappa shape index (κ2) is 23.9. The van der Waals surface area contributed by atoms with Gasteiger partial charge in [0.25, 0.3) is 23.6 Å². The van der Waals surface area contributed by atoms with Gasteiger partial charge in [-0.3, -0.25) is 28.8 Å². The molecule has 0 radical (unpaired) electrons. The molecule has 0 aromatic heterocycles. The van der Waals surface area contributed by atoms with Crippen molar-refractivity contribution in [3.8, 4) is 11.5 Å². The van der Waals surface area contributed by atoms with Gasteiger partial charge in [-0.05, 0) is 110 Å². The van der Waals surface area contributed by atoms with Crippen LogP contribution in [0.15, 0.2) is 24.3 Å². The average Bonchev–Trinajstić information content (AvgIpc) is 4.29. The van der Waals surface area contributed by atoms with E-state index < -0.39 is 22.9 Å². The van der Waals surface area contributed by atoms with Crippen LogP contribution in [0.3, 0.4) is 0 Å². The molecule has 0 bridgehead atoms. The second-order valence-electron chi connectivity index (χ2n) is 20.9. The first-order valence-electron chi connectivity index (χ1n) is 26.3. The van der Waals surface area contributed by atoms with Crippen molar-refractivity contribution in [1.82, 2.24) is 25.3 Å². The third-order valence-electron chi connectivity index (χ3n) is 14.8. The Bertz CT molecular complexity index is 2400. The maximum absolute atomic E-state index is 14.1. The van der Waals surface area contributed by atoms with Crippen molar-refractivity contribution in [2.75, 3.05) is 49.1 Å². The van der Waals surface area contributed by atoms with Crippen LogP contribution in [0.1, 0.15) is 164 Å². The van der Waals surface area contributed by atoms with Gasteiger partial charge in [0, 0.05) is 107 Å². The van der Waals surface area contributed by atoms with Crippen LogP contribution in [-0.4, -0.2) is 136 Å². The average molecular weight is 1060 g/mol. The summed E-state index contributed by atoms with van der Waals surface area (Å²) in [5.41, 5.74) is 1.52. The predicted octanol–water partition coefficient (Wildman–Crippen LogP) is 8.20. The van der Waals surface area contributed by atoms with Gasteiger partial charge >= 0.3 is 6.09 Å². The molecule has 7 amide bonds. The van der Waals surface area contributed by atoms with E-state index in [9.17, 15) is 33.6 Å². The van der Waals surface area contributed by atoms with Crippen LogP contribution >= 0.6 is 24.0 Å². The number of fused-ring (bicyclic) bond motifs is 2. The van der Waals surface area contributed by atoms with E-state index in [1.54, 1.807) is 41.5 Å². The number of amides is 7. The highest BCUT2D eigenvalue weighted by molar-refractivity contribution is 6.20. The summed E-state index contributed by atoms with van der Waals surface area (Å²) in [6, 6.07) is 7.34. The maximum atomic E-state index is 14.1. The molecule has 2 spiro atoms. The highest BCUT2D eigenvalue weighted by Crippen LogP contribution is 2.51. The molecular weight excluding hydrogens is 978 g/mol. The zero-order valence-electron chi connectivity index (χ0n) is 44.2. The number of carbonyl (C=O) groups is 7. The summed E-state index contributed by atoms with van der Waals surface area (Å²) < 4.78 is 17.5. The zero-order chi connectivity index (χ0) is 52.2. The van der Waals surface area contributed by atoms with Gasteiger partial charge in [-0.1, -0.05) is 44.7 Å². The fourth-order valence-electron chi connectivity index (χ4n) is 10.6. The minimum atomic E-state index is -0.843. The van der Waals surface area contributed by atoms with Crippen LogP contribution < -0.4 is 29.9 Å². The summed E-state index contributed by atoms with van der Waals surface area (Å²) in [6.07, 6.45) is 10.1. The van der Waals surface area contributed by atoms with Crippen LogP contribution in [0.2, 0.25) is 0 Å². The number of piperidine rings is 1. The lowest BCUT2D eigenvalue weighted by atomic mass is 9.92. The summed E-state index contributed by atoms with van der Waals surface area (Å²) in [6.45, 7) is 19.2. The monoisotopic (exact) mass is 1050 g/mol. The molecule has 6 aliphatic rings. The van der Waals surface area contributed by atoms with E-state index in [4.69, 9.17) is 25.8 Å². The summed E-state index contributed by atoms with van der Waals surface area (Å²) in [5.74, 6) is 0.727. The van der Waals surface area contributed by atoms with Crippen molar-refractivity contribution in [1.29, 1.82) is 0 Å². The molecule has 3 aliphatic heterocycles. The molecule has 8 rings (SSSR count). The first kappa shape index (κ1) is 57.0. The lowest BCUT2D eigenvalue weighted by molar-refractivity contribution is -0.128. The van der Waals surface area contributed by atoms with Gasteiger partial charge in [-0.2, -0.15) is 0 Å². The van der Waals surface area contributed by atoms with Gasteiger partial charge in [0.15, 0.2) is 16.8 Å². The van der Waals surface area contributed by atoms with Crippen molar-refractivity contribution in [2.24, 2.45) is 0 Å². The van der Waals surface area contributed by atoms with Crippen molar-refractivity contribution >= 4 is 76.9 Å². The molecule has 2 N–H and O–H groups in total. The lowest BCUT2D eigenvalue weighted by Crippen LogP contribution is -2.54. The normalized spacial score (nSPS) is 19.6. The Kier molecular flexibility index (Phi) is 18.7. The van der Waals surface area contributed by atoms with E-state index in [0.29, 0.717) is 105 Å². The first-order chi connectivity index (χ1) is 34.2. The number of nitrogens with zero attached hydrogens (tertiary/aromatic N) is 5. The Balaban J connectivity index is 0.000000238. The van der Waals surface area contributed by atoms with E-state index >= 15 is 0 Å². The van der Waals surface area contributed by atoms with Gasteiger partial charge in [-0.15, -0.1) is 12.4 Å². The fourth-order valence-corrected chi connectivity index (χ4v) is 10.7. The van der Waals surface area contributed by atoms with E-state index in [1.807, 2.05) is 55.7 Å². The number of hydrogen-bond acceptors (Lipinski definition) is 10. The molecule has 73 heavy (non-hydrogen) atoms. The Hall–Kier alpha value is -5.29. The number of aryl methyl sites for hydroxylation is 2. The van der Waals surface area contributed by atoms with E-state index in [0.717, 1.165) is 49.7 Å². The smallest absolute Gasteiger partial charge is 0.411 e. The van der Waals surface area contributed by atoms with Crippen molar-refractivity contribution in [3.05, 3.63) is 46.5 Å². The van der Waals surface area contributed by atoms with Crippen molar-refractivity contribution in [2.45, 2.75) is 187 Å². The van der Waals surface area contributed by atoms with Crippen LogP contribution in [0.25, 0.3) is 0 Å². The summed E-state index contributed by atoms with van der Waals surface area (Å²) in [4.78, 5) is 99.3. The van der Waals surface area contributed by atoms with Crippen molar-refractivity contribution < 1.29 is 47.8 Å². The Morgan fingerprint density at radius 3 is 1.51 bits per heavy atom. The van der Waals surface area contributed by atoms with Crippen molar-refractivity contribution in [3.63, 3.8) is 0 Å². The number of nitrogens with one attached hydrogen (secondary N) is 2. The Morgan fingerprint density at radius 2 is 1.11 bits per heavy atom. The summed E-state index contributed by atoms with van der Waals surface area (Å²) >= 11 is 5.85. The molecule has 3 saturated carbocycles. The standard InChI is InChI=1S/C28H39ClN4O6.C26H37N3O4.ClH/c1-6-24(34)30-11-13-32-22-15-21(18(4)14-23(22)39-28(9-10-28)26(32)36)25(35)33(17(2)3)20-8-7-12-31(16-20)27(37)38-19(5)29;1-5-23(30)27-13-14-28-21-16-20(18(4)15-22(21)33-26(11-12-26)25(28)32)24(31)29(17(2)3)19-9-7-6-8-10-19;/h14-15,17,19-20H,6-13,16H2,1-5H3,(H,30,34);15-17,19H,5-14H2,1-4H3,(H,27,30);1H/t19?,20-;;/m1../s1. The molecule has 17 nitrogen and oxygen atoms in total. The third-order valence-corrected chi connectivity index (χ3v) is 14.9. The summed E-state index contributed by atoms with van der Waals surface area (Å²) in [7, 11) is 0. The third kappa shape index (κ3) is 12.6. The largest absolute Gasteiger partial charge is 0.475 e. The molecule has 4 fully saturated rings. The van der Waals surface area contributed by atoms with E-state index in [2.05, 4.69) is 24.5 Å². The fraction of sp³-hybridized carbons (Fsp3) is 0.648. The molecule has 19 heteroatoms. The van der Waals surface area contributed by atoms with Crippen LogP contribution in [0, 0.1) is 13.8 Å². The molecule has 2 atom stereocenters. The maximum Gasteiger partial charge on any atom is 0.411 e. The Labute approximate surface area is 442 Å². The number of benzene rings is 2. The van der Waals surface area contributed by atoms with Gasteiger partial charge in [-0.25, -0.2) is 4.79 Å². The molecule has 3 heterocycles. The number of rotatable bonds is 15. The van der Waals surface area contributed by atoms with E-state index in [1.165, 1.54) is 6.42 Å². The highest BCUT2D eigenvalue weighted by atomic mass is 35.5. The van der Waals surface area contributed by atoms with Crippen LogP contribution in [0.4, 0.5) is 16.2 Å². The molecule has 3 aliphatic carbocycles. The SMILES string of the molecule is CCC(=O)NCCN1C(=O)C2(CC2)Oc2cc(C)c(C(=O)N(C(C)C)C3CCCCC3)cc21.CCC(=O)NCCN1C(=O)C2(CC2)Oc2cc(C)c(C(=O)N(C(C)C)[C@@H]3CCCN(C(=O)OC(C)Cl)C3)cc21.Cl. The quantitative estimate of drug-likeness (QED) is 0.165. The van der Waals surface area contributed by atoms with Gasteiger partial charge in [0.05, 0.1) is 17.4 Å². The second-order valence-corrected chi connectivity index (χ2v) is 21.5. The van der Waals surface area contributed by atoms with Gasteiger partial charge in [0.2, 0.25) is 11.8 Å². The van der Waals surface area contributed by atoms with Gasteiger partial charge in [0.1, 0.15) is 11.5 Å². The van der Waals surface area contributed by atoms with E-state index in [-0.39, 0.29) is 78.6 Å². The predicted molar refractivity (Wildman–Crippen MR) is 282 cm³/mol. The molecule has 2 aromatic rings. The minimum Gasteiger partial charge on any atom is -0.475 e. The number of hydrogen-bond donors (Lipinski definition) is 2.